The summed E-state index contributed by atoms with van der Waals surface area (Å²) < 4.78 is 37.9. The minimum Gasteiger partial charge on any atom is -0.479 e. The van der Waals surface area contributed by atoms with Gasteiger partial charge in [0.2, 0.25) is 5.79 Å². The number of fused-ring (bicyclic) bond motifs is 1. The molecule has 0 aliphatic carbocycles. The van der Waals surface area contributed by atoms with Crippen LogP contribution in [0.2, 0.25) is 0 Å². The second kappa shape index (κ2) is 18.3. The number of ether oxygens (including phenoxy) is 6. The molecule has 6 rings (SSSR count). The smallest absolute Gasteiger partial charge is 0.335 e. The monoisotopic (exact) mass is 822 g/mol. The standard InChI is InChI=1S/C44H70O14/c1-25(23-44(52)35(47)12-11-31(56-44)24-41(6,51)40(49)50)21-32(45)26(2)9-10-30-14-18-43(55-30)19-15-34-39(58-43)36(48)29(5)38(54-34)33(46)22-28(4)37-27(3)13-17-42(57-37)16-7-8-20-53-42/h9-10,23,26-28,30-39,45-48,51-52H,5,7-8,11-22,24H2,1-4,6H3,(H,49,50)/b10-9+,25-23-/t26-,27-,28+,30+,31+,32+,33+,34-,35-,36-,37+,38+,39-,41-,42+,43+,44+/m1/s1. The molecule has 58 heavy (non-hydrogen) atoms. The number of aliphatic carboxylic acids is 1. The van der Waals surface area contributed by atoms with E-state index in [0.717, 1.165) is 45.6 Å². The van der Waals surface area contributed by atoms with Gasteiger partial charge in [0.1, 0.15) is 24.4 Å². The average Bonchev–Trinajstić information content (AvgIpc) is 3.56. The molecule has 0 aromatic carbocycles. The lowest BCUT2D eigenvalue weighted by molar-refractivity contribution is -0.320. The Morgan fingerprint density at radius 2 is 1.71 bits per heavy atom. The molecule has 330 valence electrons. The number of carboxylic acid groups (broad SMARTS) is 1. The van der Waals surface area contributed by atoms with Crippen molar-refractivity contribution in [3.8, 4) is 0 Å². The van der Waals surface area contributed by atoms with E-state index in [1.54, 1.807) is 6.92 Å². The quantitative estimate of drug-likeness (QED) is 0.130. The first-order valence-corrected chi connectivity index (χ1v) is 21.7. The molecule has 17 atom stereocenters. The molecule has 6 aliphatic rings. The molecule has 14 nitrogen and oxygen atoms in total. The van der Waals surface area contributed by atoms with E-state index in [1.807, 2.05) is 19.1 Å². The summed E-state index contributed by atoms with van der Waals surface area (Å²) in [5.41, 5.74) is -1.09. The number of hydrogen-bond acceptors (Lipinski definition) is 13. The van der Waals surface area contributed by atoms with Crippen molar-refractivity contribution < 1.29 is 69.0 Å². The summed E-state index contributed by atoms with van der Waals surface area (Å²) in [7, 11) is 0. The lowest BCUT2D eigenvalue weighted by atomic mass is 9.79. The summed E-state index contributed by atoms with van der Waals surface area (Å²) >= 11 is 0. The van der Waals surface area contributed by atoms with Crippen LogP contribution in [0.25, 0.3) is 0 Å². The molecule has 6 heterocycles. The van der Waals surface area contributed by atoms with Crippen molar-refractivity contribution in [3.05, 3.63) is 36.0 Å². The highest BCUT2D eigenvalue weighted by Crippen LogP contribution is 2.47. The molecule has 0 amide bonds. The Bertz CT molecular complexity index is 1490. The molecule has 7 N–H and O–H groups in total. The Morgan fingerprint density at radius 1 is 0.983 bits per heavy atom. The van der Waals surface area contributed by atoms with Crippen molar-refractivity contribution in [1.82, 2.24) is 0 Å². The third kappa shape index (κ3) is 10.3. The molecule has 6 saturated heterocycles. The van der Waals surface area contributed by atoms with Crippen molar-refractivity contribution in [3.63, 3.8) is 0 Å². The van der Waals surface area contributed by atoms with E-state index in [-0.39, 0.29) is 49.7 Å². The van der Waals surface area contributed by atoms with Crippen LogP contribution in [0.4, 0.5) is 0 Å². The van der Waals surface area contributed by atoms with Gasteiger partial charge in [0, 0.05) is 38.0 Å². The van der Waals surface area contributed by atoms with Crippen LogP contribution in [0.15, 0.2) is 36.0 Å². The van der Waals surface area contributed by atoms with E-state index < -0.39 is 77.8 Å². The maximum absolute atomic E-state index is 11.5. The van der Waals surface area contributed by atoms with Gasteiger partial charge in [-0.3, -0.25) is 0 Å². The Balaban J connectivity index is 0.980. The van der Waals surface area contributed by atoms with Crippen molar-refractivity contribution in [2.45, 2.75) is 209 Å². The average molecular weight is 823 g/mol. The van der Waals surface area contributed by atoms with Gasteiger partial charge in [-0.25, -0.2) is 4.79 Å². The summed E-state index contributed by atoms with van der Waals surface area (Å²) in [5, 5.41) is 75.2. The molecular weight excluding hydrogens is 752 g/mol. The molecule has 0 aromatic rings. The fourth-order valence-electron chi connectivity index (χ4n) is 10.1. The van der Waals surface area contributed by atoms with E-state index in [4.69, 9.17) is 28.4 Å². The van der Waals surface area contributed by atoms with E-state index in [1.165, 1.54) is 6.08 Å². The zero-order valence-corrected chi connectivity index (χ0v) is 35.0. The molecule has 0 aromatic heterocycles. The molecule has 2 spiro atoms. The van der Waals surface area contributed by atoms with E-state index >= 15 is 0 Å². The molecule has 0 bridgehead atoms. The highest BCUT2D eigenvalue weighted by Gasteiger charge is 2.54. The molecular formula is C44H70O14. The summed E-state index contributed by atoms with van der Waals surface area (Å²) in [4.78, 5) is 11.4. The van der Waals surface area contributed by atoms with Gasteiger partial charge in [0.05, 0.1) is 43.2 Å². The third-order valence-corrected chi connectivity index (χ3v) is 13.7. The SMILES string of the molecule is C=C1[C@@H](O)[C@@H]2O[C@@]3(CC[C@H](/C=C/[C@@H](C)[C@@H](O)C/C(C)=C\[C@]4(O)O[C@H](C[C@@](C)(O)C(=O)O)CC[C@H]4O)O3)CC[C@H]2O[C@@H]1[C@@H](O)C[C@H](C)[C@H]1O[C@@]2(CCCCO2)CC[C@H]1C. The van der Waals surface area contributed by atoms with E-state index in [2.05, 4.69) is 20.4 Å². The number of hydrogen-bond donors (Lipinski definition) is 7. The van der Waals surface area contributed by atoms with Crippen LogP contribution < -0.4 is 0 Å². The molecule has 6 aliphatic heterocycles. The topological polar surface area (TPSA) is 214 Å². The highest BCUT2D eigenvalue weighted by atomic mass is 16.7. The van der Waals surface area contributed by atoms with Crippen LogP contribution in [-0.2, 0) is 33.2 Å². The van der Waals surface area contributed by atoms with Gasteiger partial charge in [-0.15, -0.1) is 0 Å². The van der Waals surface area contributed by atoms with Gasteiger partial charge in [-0.05, 0) is 95.1 Å². The molecule has 6 fully saturated rings. The van der Waals surface area contributed by atoms with Gasteiger partial charge < -0.3 is 64.2 Å². The van der Waals surface area contributed by atoms with Crippen LogP contribution in [0.1, 0.15) is 125 Å². The van der Waals surface area contributed by atoms with Gasteiger partial charge in [-0.2, -0.15) is 0 Å². The van der Waals surface area contributed by atoms with Gasteiger partial charge in [0.25, 0.3) is 0 Å². The van der Waals surface area contributed by atoms with Crippen LogP contribution >= 0.6 is 0 Å². The maximum atomic E-state index is 11.5. The zero-order chi connectivity index (χ0) is 42.2. The summed E-state index contributed by atoms with van der Waals surface area (Å²) in [6, 6.07) is 0. The first kappa shape index (κ1) is 45.7. The zero-order valence-electron chi connectivity index (χ0n) is 35.0. The Morgan fingerprint density at radius 3 is 2.41 bits per heavy atom. The molecule has 14 heteroatoms. The Hall–Kier alpha value is -1.79. The van der Waals surface area contributed by atoms with E-state index in [0.29, 0.717) is 49.2 Å². The van der Waals surface area contributed by atoms with Crippen LogP contribution in [-0.4, -0.2) is 132 Å². The predicted molar refractivity (Wildman–Crippen MR) is 211 cm³/mol. The van der Waals surface area contributed by atoms with Crippen molar-refractivity contribution in [1.29, 1.82) is 0 Å². The summed E-state index contributed by atoms with van der Waals surface area (Å²) in [5.74, 6) is -4.85. The fourth-order valence-corrected chi connectivity index (χ4v) is 10.1. The summed E-state index contributed by atoms with van der Waals surface area (Å²) in [6.45, 7) is 13.9. The fraction of sp³-hybridized carbons (Fsp3) is 0.841. The van der Waals surface area contributed by atoms with E-state index in [9.17, 15) is 40.5 Å². The number of rotatable bonds is 13. The Labute approximate surface area is 343 Å². The van der Waals surface area contributed by atoms with Gasteiger partial charge >= 0.3 is 5.97 Å². The second-order valence-electron chi connectivity index (χ2n) is 18.8. The Kier molecular flexibility index (Phi) is 14.4. The minimum atomic E-state index is -2.09. The molecule has 0 radical (unpaired) electrons. The normalized spacial score (nSPS) is 43.2. The van der Waals surface area contributed by atoms with Crippen molar-refractivity contribution >= 4 is 5.97 Å². The van der Waals surface area contributed by atoms with Crippen LogP contribution in [0.5, 0.6) is 0 Å². The first-order valence-electron chi connectivity index (χ1n) is 21.7. The molecule has 0 unspecified atom stereocenters. The first-order chi connectivity index (χ1) is 27.2. The lowest BCUT2D eigenvalue weighted by Crippen LogP contribution is -2.60. The number of aliphatic hydroxyl groups excluding tert-OH is 4. The largest absolute Gasteiger partial charge is 0.479 e. The maximum Gasteiger partial charge on any atom is 0.335 e. The second-order valence-corrected chi connectivity index (χ2v) is 18.8. The van der Waals surface area contributed by atoms with Crippen LogP contribution in [0.3, 0.4) is 0 Å². The molecule has 0 saturated carbocycles. The van der Waals surface area contributed by atoms with Gasteiger partial charge in [0.15, 0.2) is 17.2 Å². The minimum absolute atomic E-state index is 0.0376. The van der Waals surface area contributed by atoms with Gasteiger partial charge in [-0.1, -0.05) is 45.1 Å². The highest BCUT2D eigenvalue weighted by molar-refractivity contribution is 5.76. The number of carbonyl (C=O) groups is 1. The third-order valence-electron chi connectivity index (χ3n) is 13.7. The number of carboxylic acids is 1. The van der Waals surface area contributed by atoms with Crippen molar-refractivity contribution in [2.75, 3.05) is 6.61 Å². The number of aliphatic hydroxyl groups is 6. The lowest BCUT2D eigenvalue weighted by Gasteiger charge is -2.50. The summed E-state index contributed by atoms with van der Waals surface area (Å²) in [6.07, 6.45) is 6.30. The van der Waals surface area contributed by atoms with Crippen LogP contribution in [0, 0.1) is 17.8 Å². The predicted octanol–water partition coefficient (Wildman–Crippen LogP) is 4.17. The van der Waals surface area contributed by atoms with Crippen molar-refractivity contribution in [2.24, 2.45) is 17.8 Å².